The molecule has 0 saturated heterocycles. The first-order valence-corrected chi connectivity index (χ1v) is 4.80. The second-order valence-electron chi connectivity index (χ2n) is 3.36. The van der Waals surface area contributed by atoms with Crippen LogP contribution in [0.25, 0.3) is 0 Å². The number of nitrogens with zero attached hydrogens (tertiary/aromatic N) is 3. The van der Waals surface area contributed by atoms with E-state index in [1.807, 2.05) is 6.92 Å². The molecule has 0 spiro atoms. The van der Waals surface area contributed by atoms with Crippen molar-refractivity contribution in [3.63, 3.8) is 0 Å². The molecule has 74 valence electrons. The Morgan fingerprint density at radius 2 is 2.15 bits per heavy atom. The molecule has 0 amide bonds. The molecule has 13 heavy (non-hydrogen) atoms. The van der Waals surface area contributed by atoms with E-state index in [0.717, 1.165) is 24.6 Å². The van der Waals surface area contributed by atoms with Crippen molar-refractivity contribution in [3.05, 3.63) is 11.6 Å². The van der Waals surface area contributed by atoms with Crippen LogP contribution >= 0.6 is 0 Å². The lowest BCUT2D eigenvalue weighted by Gasteiger charge is -2.10. The van der Waals surface area contributed by atoms with Crippen molar-refractivity contribution in [1.82, 2.24) is 14.8 Å². The summed E-state index contributed by atoms with van der Waals surface area (Å²) in [5.41, 5.74) is 5.52. The van der Waals surface area contributed by atoms with Crippen LogP contribution in [0.15, 0.2) is 0 Å². The molecule has 2 N–H and O–H groups in total. The monoisotopic (exact) mass is 182 g/mol. The van der Waals surface area contributed by atoms with Crippen molar-refractivity contribution < 1.29 is 0 Å². The topological polar surface area (TPSA) is 56.7 Å². The summed E-state index contributed by atoms with van der Waals surface area (Å²) in [6, 6.07) is 0. The minimum absolute atomic E-state index is 0.466. The van der Waals surface area contributed by atoms with Gasteiger partial charge in [0.1, 0.15) is 11.6 Å². The van der Waals surface area contributed by atoms with Crippen LogP contribution in [-0.4, -0.2) is 21.3 Å². The molecule has 0 aromatic carbocycles. The third-order valence-electron chi connectivity index (χ3n) is 2.37. The number of aryl methyl sites for hydroxylation is 1. The highest BCUT2D eigenvalue weighted by atomic mass is 15.3. The molecule has 0 aliphatic carbocycles. The summed E-state index contributed by atoms with van der Waals surface area (Å²) in [5.74, 6) is 2.49. The van der Waals surface area contributed by atoms with E-state index in [9.17, 15) is 0 Å². The number of rotatable bonds is 4. The van der Waals surface area contributed by atoms with E-state index in [0.29, 0.717) is 12.5 Å². The van der Waals surface area contributed by atoms with E-state index < -0.39 is 0 Å². The fraction of sp³-hybridized carbons (Fsp3) is 0.778. The Hall–Kier alpha value is -0.900. The molecule has 0 saturated carbocycles. The second kappa shape index (κ2) is 4.37. The van der Waals surface area contributed by atoms with Gasteiger partial charge < -0.3 is 10.3 Å². The number of hydrogen-bond donors (Lipinski definition) is 1. The molecular formula is C9H18N4. The molecule has 0 fully saturated rings. The summed E-state index contributed by atoms with van der Waals surface area (Å²) in [6.07, 6.45) is 1.09. The molecule has 4 nitrogen and oxygen atoms in total. The van der Waals surface area contributed by atoms with E-state index in [4.69, 9.17) is 5.73 Å². The Kier molecular flexibility index (Phi) is 3.42. The van der Waals surface area contributed by atoms with Crippen LogP contribution in [0.5, 0.6) is 0 Å². The molecule has 1 unspecified atom stereocenters. The smallest absolute Gasteiger partial charge is 0.135 e. The molecule has 0 aliphatic heterocycles. The van der Waals surface area contributed by atoms with Crippen LogP contribution < -0.4 is 5.73 Å². The quantitative estimate of drug-likeness (QED) is 0.757. The third-order valence-corrected chi connectivity index (χ3v) is 2.37. The second-order valence-corrected chi connectivity index (χ2v) is 3.36. The van der Waals surface area contributed by atoms with Crippen LogP contribution in [0.3, 0.4) is 0 Å². The molecule has 0 aliphatic rings. The normalized spacial score (nSPS) is 13.2. The van der Waals surface area contributed by atoms with Crippen molar-refractivity contribution in [2.45, 2.75) is 39.7 Å². The third kappa shape index (κ3) is 2.06. The van der Waals surface area contributed by atoms with Gasteiger partial charge in [0.05, 0.1) is 0 Å². The van der Waals surface area contributed by atoms with Crippen molar-refractivity contribution in [1.29, 1.82) is 0 Å². The summed E-state index contributed by atoms with van der Waals surface area (Å²) in [4.78, 5) is 0. The van der Waals surface area contributed by atoms with Crippen molar-refractivity contribution in [3.8, 4) is 0 Å². The number of aromatic nitrogens is 3. The first kappa shape index (κ1) is 10.2. The molecule has 1 aromatic heterocycles. The first-order valence-electron chi connectivity index (χ1n) is 4.80. The fourth-order valence-corrected chi connectivity index (χ4v) is 1.35. The molecule has 1 heterocycles. The average molecular weight is 182 g/mol. The maximum absolute atomic E-state index is 5.52. The zero-order valence-corrected chi connectivity index (χ0v) is 8.62. The van der Waals surface area contributed by atoms with Gasteiger partial charge >= 0.3 is 0 Å². The van der Waals surface area contributed by atoms with Crippen molar-refractivity contribution in [2.24, 2.45) is 5.73 Å². The minimum Gasteiger partial charge on any atom is -0.329 e. The predicted octanol–water partition coefficient (Wildman–Crippen LogP) is 1.06. The van der Waals surface area contributed by atoms with Crippen LogP contribution in [0.2, 0.25) is 0 Å². The summed E-state index contributed by atoms with van der Waals surface area (Å²) in [7, 11) is 0. The van der Waals surface area contributed by atoms with E-state index in [1.54, 1.807) is 0 Å². The lowest BCUT2D eigenvalue weighted by Crippen LogP contribution is -2.15. The highest BCUT2D eigenvalue weighted by Gasteiger charge is 2.13. The van der Waals surface area contributed by atoms with Crippen molar-refractivity contribution in [2.75, 3.05) is 6.54 Å². The van der Waals surface area contributed by atoms with Crippen LogP contribution in [0.1, 0.15) is 37.8 Å². The Morgan fingerprint density at radius 1 is 1.46 bits per heavy atom. The average Bonchev–Trinajstić information content (AvgIpc) is 2.48. The Labute approximate surface area is 79.2 Å². The molecule has 1 rings (SSSR count). The predicted molar refractivity (Wildman–Crippen MR) is 52.5 cm³/mol. The minimum atomic E-state index is 0.466. The standard InChI is InChI=1S/C9H18N4/c1-4-7(2)9-12-11-8(3)13(9)6-5-10/h7H,4-6,10H2,1-3H3. The zero-order chi connectivity index (χ0) is 9.84. The van der Waals surface area contributed by atoms with Gasteiger partial charge in [0.2, 0.25) is 0 Å². The molecule has 1 aromatic rings. The Bertz CT molecular complexity index is 267. The molecule has 1 atom stereocenters. The molecule has 4 heteroatoms. The summed E-state index contributed by atoms with van der Waals surface area (Å²) in [5, 5.41) is 8.22. The Balaban J connectivity index is 2.92. The van der Waals surface area contributed by atoms with Gasteiger partial charge in [0, 0.05) is 19.0 Å². The lowest BCUT2D eigenvalue weighted by atomic mass is 10.1. The van der Waals surface area contributed by atoms with Crippen LogP contribution in [0, 0.1) is 6.92 Å². The summed E-state index contributed by atoms with van der Waals surface area (Å²) in [6.45, 7) is 7.74. The summed E-state index contributed by atoms with van der Waals surface area (Å²) >= 11 is 0. The molecule has 0 bridgehead atoms. The number of nitrogens with two attached hydrogens (primary N) is 1. The molecule has 0 radical (unpaired) electrons. The highest BCUT2D eigenvalue weighted by Crippen LogP contribution is 2.16. The largest absolute Gasteiger partial charge is 0.329 e. The zero-order valence-electron chi connectivity index (χ0n) is 8.62. The van der Waals surface area contributed by atoms with Crippen LogP contribution in [0.4, 0.5) is 0 Å². The van der Waals surface area contributed by atoms with Gasteiger partial charge in [-0.15, -0.1) is 10.2 Å². The fourth-order valence-electron chi connectivity index (χ4n) is 1.35. The maximum atomic E-state index is 5.52. The van der Waals surface area contributed by atoms with Gasteiger partial charge in [-0.25, -0.2) is 0 Å². The number of hydrogen-bond acceptors (Lipinski definition) is 3. The Morgan fingerprint density at radius 3 is 2.69 bits per heavy atom. The highest BCUT2D eigenvalue weighted by molar-refractivity contribution is 4.99. The van der Waals surface area contributed by atoms with Gasteiger partial charge in [0.25, 0.3) is 0 Å². The van der Waals surface area contributed by atoms with Gasteiger partial charge in [-0.1, -0.05) is 13.8 Å². The van der Waals surface area contributed by atoms with E-state index in [1.165, 1.54) is 0 Å². The summed E-state index contributed by atoms with van der Waals surface area (Å²) < 4.78 is 2.11. The molecular weight excluding hydrogens is 164 g/mol. The van der Waals surface area contributed by atoms with Gasteiger partial charge in [-0.3, -0.25) is 0 Å². The van der Waals surface area contributed by atoms with Gasteiger partial charge in [-0.05, 0) is 13.3 Å². The van der Waals surface area contributed by atoms with E-state index >= 15 is 0 Å². The van der Waals surface area contributed by atoms with Gasteiger partial charge in [-0.2, -0.15) is 0 Å². The first-order chi connectivity index (χ1) is 6.20. The van der Waals surface area contributed by atoms with Crippen LogP contribution in [-0.2, 0) is 6.54 Å². The maximum Gasteiger partial charge on any atom is 0.135 e. The lowest BCUT2D eigenvalue weighted by molar-refractivity contribution is 0.584. The van der Waals surface area contributed by atoms with Gasteiger partial charge in [0.15, 0.2) is 0 Å². The SMILES string of the molecule is CCC(C)c1nnc(C)n1CCN. The van der Waals surface area contributed by atoms with E-state index in [2.05, 4.69) is 28.6 Å². The van der Waals surface area contributed by atoms with Crippen molar-refractivity contribution >= 4 is 0 Å². The van der Waals surface area contributed by atoms with E-state index in [-0.39, 0.29) is 0 Å².